The molecule has 19 heavy (non-hydrogen) atoms. The second-order valence-corrected chi connectivity index (χ2v) is 5.65. The fourth-order valence-electron chi connectivity index (χ4n) is 1.66. The third-order valence-corrected chi connectivity index (χ3v) is 3.74. The zero-order chi connectivity index (χ0) is 14.0. The molecule has 1 nitrogen and oxygen atoms in total. The molecule has 0 amide bonds. The van der Waals surface area contributed by atoms with Crippen molar-refractivity contribution in [3.63, 3.8) is 0 Å². The summed E-state index contributed by atoms with van der Waals surface area (Å²) in [5, 5.41) is 1.86. The maximum Gasteiger partial charge on any atom is 0.168 e. The molecule has 0 aromatic heterocycles. The highest BCUT2D eigenvalue weighted by atomic mass is 35.5. The molecule has 0 radical (unpaired) electrons. The highest BCUT2D eigenvalue weighted by molar-refractivity contribution is 6.37. The fraction of sp³-hybridized carbons (Fsp3) is 0.0714. The molecule has 0 spiro atoms. The predicted molar refractivity (Wildman–Crippen MR) is 81.0 cm³/mol. The minimum absolute atomic E-state index is 0.133. The van der Waals surface area contributed by atoms with E-state index in [2.05, 4.69) is 0 Å². The molecule has 0 unspecified atom stereocenters. The molecule has 0 atom stereocenters. The predicted octanol–water partition coefficient (Wildman–Crippen LogP) is 5.73. The summed E-state index contributed by atoms with van der Waals surface area (Å²) >= 11 is 23.7. The Kier molecular flexibility index (Phi) is 4.75. The number of ketones is 1. The van der Waals surface area contributed by atoms with Crippen LogP contribution in [0.4, 0.5) is 0 Å². The van der Waals surface area contributed by atoms with E-state index in [0.717, 1.165) is 0 Å². The molecule has 0 aliphatic rings. The average molecular weight is 334 g/mol. The topological polar surface area (TPSA) is 17.1 Å². The smallest absolute Gasteiger partial charge is 0.168 e. The lowest BCUT2D eigenvalue weighted by Gasteiger charge is -2.06. The van der Waals surface area contributed by atoms with Crippen molar-refractivity contribution in [1.82, 2.24) is 0 Å². The Morgan fingerprint density at radius 1 is 0.842 bits per heavy atom. The van der Waals surface area contributed by atoms with Crippen LogP contribution >= 0.6 is 46.4 Å². The first-order chi connectivity index (χ1) is 8.97. The highest BCUT2D eigenvalue weighted by Gasteiger charge is 2.13. The van der Waals surface area contributed by atoms with Gasteiger partial charge in [-0.15, -0.1) is 0 Å². The minimum atomic E-state index is -0.133. The van der Waals surface area contributed by atoms with Gasteiger partial charge in [-0.25, -0.2) is 0 Å². The molecule has 0 bridgehead atoms. The second-order valence-electron chi connectivity index (χ2n) is 3.96. The van der Waals surface area contributed by atoms with Crippen LogP contribution in [0.25, 0.3) is 0 Å². The van der Waals surface area contributed by atoms with E-state index in [0.29, 0.717) is 31.2 Å². The summed E-state index contributed by atoms with van der Waals surface area (Å²) in [6, 6.07) is 9.77. The van der Waals surface area contributed by atoms with E-state index >= 15 is 0 Å². The van der Waals surface area contributed by atoms with Crippen molar-refractivity contribution < 1.29 is 4.79 Å². The largest absolute Gasteiger partial charge is 0.294 e. The van der Waals surface area contributed by atoms with E-state index in [-0.39, 0.29) is 12.2 Å². The molecule has 0 aliphatic heterocycles. The van der Waals surface area contributed by atoms with Crippen LogP contribution in [0.2, 0.25) is 20.1 Å². The summed E-state index contributed by atoms with van der Waals surface area (Å²) in [4.78, 5) is 12.2. The van der Waals surface area contributed by atoms with Crippen LogP contribution in [-0.2, 0) is 6.42 Å². The van der Waals surface area contributed by atoms with Crippen molar-refractivity contribution in [2.75, 3.05) is 0 Å². The van der Waals surface area contributed by atoms with Crippen LogP contribution in [-0.4, -0.2) is 5.78 Å². The Bertz CT molecular complexity index is 637. The van der Waals surface area contributed by atoms with Gasteiger partial charge in [0.25, 0.3) is 0 Å². The van der Waals surface area contributed by atoms with Crippen LogP contribution < -0.4 is 0 Å². The number of hydrogen-bond acceptors (Lipinski definition) is 1. The first-order valence-corrected chi connectivity index (χ1v) is 6.91. The van der Waals surface area contributed by atoms with Crippen LogP contribution in [0.5, 0.6) is 0 Å². The lowest BCUT2D eigenvalue weighted by atomic mass is 10.0. The number of hydrogen-bond donors (Lipinski definition) is 0. The van der Waals surface area contributed by atoms with Gasteiger partial charge in [0.1, 0.15) is 0 Å². The van der Waals surface area contributed by atoms with E-state index in [1.54, 1.807) is 30.3 Å². The summed E-state index contributed by atoms with van der Waals surface area (Å²) in [6.45, 7) is 0. The number of Topliss-reactive ketones (excluding diaryl/α,β-unsaturated/α-hetero) is 1. The second kappa shape index (κ2) is 6.15. The molecule has 0 aliphatic carbocycles. The molecule has 0 saturated heterocycles. The number of carbonyl (C=O) groups excluding carboxylic acids is 1. The minimum Gasteiger partial charge on any atom is -0.294 e. The molecule has 0 saturated carbocycles. The average Bonchev–Trinajstić information content (AvgIpc) is 2.33. The maximum absolute atomic E-state index is 12.2. The molecule has 0 heterocycles. The Hall–Kier alpha value is -0.730. The Morgan fingerprint density at radius 3 is 2.16 bits per heavy atom. The lowest BCUT2D eigenvalue weighted by molar-refractivity contribution is 0.0993. The van der Waals surface area contributed by atoms with Crippen molar-refractivity contribution >= 4 is 52.2 Å². The molecular weight excluding hydrogens is 326 g/mol. The van der Waals surface area contributed by atoms with Crippen LogP contribution in [0.3, 0.4) is 0 Å². The van der Waals surface area contributed by atoms with Crippen LogP contribution in [0.15, 0.2) is 36.4 Å². The Balaban J connectivity index is 2.28. The zero-order valence-electron chi connectivity index (χ0n) is 9.59. The highest BCUT2D eigenvalue weighted by Crippen LogP contribution is 2.25. The summed E-state index contributed by atoms with van der Waals surface area (Å²) < 4.78 is 0. The van der Waals surface area contributed by atoms with Gasteiger partial charge in [0.15, 0.2) is 5.78 Å². The van der Waals surface area contributed by atoms with Gasteiger partial charge in [0.2, 0.25) is 0 Å². The van der Waals surface area contributed by atoms with Gasteiger partial charge in [-0.3, -0.25) is 4.79 Å². The van der Waals surface area contributed by atoms with Gasteiger partial charge < -0.3 is 0 Å². The number of rotatable bonds is 3. The molecule has 5 heteroatoms. The summed E-state index contributed by atoms with van der Waals surface area (Å²) in [7, 11) is 0. The standard InChI is InChI=1S/C14H8Cl4O/c15-9-2-4-12(17)8(5-9)6-14(19)11-3-1-10(16)7-13(11)18/h1-5,7H,6H2. The normalized spacial score (nSPS) is 10.5. The molecule has 2 rings (SSSR count). The van der Waals surface area contributed by atoms with Gasteiger partial charge in [0.05, 0.1) is 5.02 Å². The molecule has 0 fully saturated rings. The Labute approximate surface area is 131 Å². The van der Waals surface area contributed by atoms with E-state index in [1.165, 1.54) is 6.07 Å². The van der Waals surface area contributed by atoms with Crippen molar-refractivity contribution in [2.45, 2.75) is 6.42 Å². The first kappa shape index (κ1) is 14.7. The Morgan fingerprint density at radius 2 is 1.47 bits per heavy atom. The van der Waals surface area contributed by atoms with Crippen molar-refractivity contribution in [3.05, 3.63) is 67.6 Å². The number of benzene rings is 2. The molecule has 98 valence electrons. The van der Waals surface area contributed by atoms with Crippen molar-refractivity contribution in [2.24, 2.45) is 0 Å². The lowest BCUT2D eigenvalue weighted by Crippen LogP contribution is -2.04. The van der Waals surface area contributed by atoms with Gasteiger partial charge in [-0.1, -0.05) is 46.4 Å². The van der Waals surface area contributed by atoms with E-state index in [4.69, 9.17) is 46.4 Å². The van der Waals surface area contributed by atoms with E-state index in [9.17, 15) is 4.79 Å². The third-order valence-electron chi connectivity index (χ3n) is 2.59. The zero-order valence-corrected chi connectivity index (χ0v) is 12.6. The fourth-order valence-corrected chi connectivity index (χ4v) is 2.56. The van der Waals surface area contributed by atoms with Crippen LogP contribution in [0, 0.1) is 0 Å². The SMILES string of the molecule is O=C(Cc1cc(Cl)ccc1Cl)c1ccc(Cl)cc1Cl. The van der Waals surface area contributed by atoms with E-state index in [1.807, 2.05) is 0 Å². The van der Waals surface area contributed by atoms with Crippen LogP contribution in [0.1, 0.15) is 15.9 Å². The number of halogens is 4. The molecule has 0 N–H and O–H groups in total. The third kappa shape index (κ3) is 3.64. The number of carbonyl (C=O) groups is 1. The monoisotopic (exact) mass is 332 g/mol. The van der Waals surface area contributed by atoms with Gasteiger partial charge >= 0.3 is 0 Å². The van der Waals surface area contributed by atoms with E-state index < -0.39 is 0 Å². The molecule has 2 aromatic rings. The maximum atomic E-state index is 12.2. The summed E-state index contributed by atoms with van der Waals surface area (Å²) in [5.74, 6) is -0.133. The van der Waals surface area contributed by atoms with Crippen molar-refractivity contribution in [1.29, 1.82) is 0 Å². The quantitative estimate of drug-likeness (QED) is 0.656. The van der Waals surface area contributed by atoms with Gasteiger partial charge in [-0.05, 0) is 42.0 Å². The summed E-state index contributed by atoms with van der Waals surface area (Å²) in [6.07, 6.45) is 0.140. The van der Waals surface area contributed by atoms with Crippen molar-refractivity contribution in [3.8, 4) is 0 Å². The first-order valence-electron chi connectivity index (χ1n) is 5.39. The van der Waals surface area contributed by atoms with Gasteiger partial charge in [-0.2, -0.15) is 0 Å². The summed E-state index contributed by atoms with van der Waals surface area (Å²) in [5.41, 5.74) is 1.09. The molecular formula is C14H8Cl4O. The molecule has 2 aromatic carbocycles. The van der Waals surface area contributed by atoms with Gasteiger partial charge in [0, 0.05) is 27.1 Å².